The van der Waals surface area contributed by atoms with Crippen molar-refractivity contribution in [3.8, 4) is 0 Å². The Morgan fingerprint density at radius 3 is 2.69 bits per heavy atom. The topological polar surface area (TPSA) is 77.7 Å². The van der Waals surface area contributed by atoms with Crippen molar-refractivity contribution in [1.82, 2.24) is 10.2 Å². The van der Waals surface area contributed by atoms with E-state index in [1.807, 2.05) is 6.07 Å². The van der Waals surface area contributed by atoms with Crippen LogP contribution in [0.4, 0.5) is 10.5 Å². The first-order valence-electron chi connectivity index (χ1n) is 10.8. The van der Waals surface area contributed by atoms with Crippen LogP contribution in [0, 0.1) is 17.8 Å². The quantitative estimate of drug-likeness (QED) is 0.706. The molecule has 7 heteroatoms. The summed E-state index contributed by atoms with van der Waals surface area (Å²) in [6.45, 7) is 3.17. The molecule has 3 fully saturated rings. The molecule has 2 amide bonds. The molecule has 154 valence electrons. The Balaban J connectivity index is 1.37. The summed E-state index contributed by atoms with van der Waals surface area (Å²) in [7, 11) is 0. The molecule has 2 aliphatic carbocycles. The van der Waals surface area contributed by atoms with E-state index in [4.69, 9.17) is 16.0 Å². The molecule has 3 heterocycles. The Hall–Kier alpha value is -1.76. The van der Waals surface area contributed by atoms with E-state index in [0.717, 1.165) is 67.6 Å². The average Bonchev–Trinajstić information content (AvgIpc) is 2.99. The van der Waals surface area contributed by atoms with E-state index in [2.05, 4.69) is 21.6 Å². The summed E-state index contributed by atoms with van der Waals surface area (Å²) in [5.41, 5.74) is 2.19. The number of hydrogen-bond donors (Lipinski definition) is 3. The molecule has 2 saturated carbocycles. The predicted molar refractivity (Wildman–Crippen MR) is 111 cm³/mol. The number of piperidine rings is 1. The van der Waals surface area contributed by atoms with Gasteiger partial charge < -0.3 is 20.2 Å². The predicted octanol–water partition coefficient (Wildman–Crippen LogP) is 4.05. The van der Waals surface area contributed by atoms with E-state index < -0.39 is 5.54 Å². The lowest BCUT2D eigenvalue weighted by Crippen LogP contribution is -2.52. The number of hydrogen-bond acceptors (Lipinski definition) is 4. The van der Waals surface area contributed by atoms with Crippen LogP contribution in [0.1, 0.15) is 43.4 Å². The molecule has 6 rings (SSSR count). The molecule has 3 atom stereocenters. The summed E-state index contributed by atoms with van der Waals surface area (Å²) >= 11 is 6.61. The van der Waals surface area contributed by atoms with E-state index in [-0.39, 0.29) is 6.03 Å². The number of urea groups is 1. The minimum absolute atomic E-state index is 0.179. The lowest BCUT2D eigenvalue weighted by atomic mass is 9.74. The zero-order chi connectivity index (χ0) is 19.8. The van der Waals surface area contributed by atoms with Crippen molar-refractivity contribution in [2.75, 3.05) is 25.0 Å². The summed E-state index contributed by atoms with van der Waals surface area (Å²) in [6.07, 6.45) is 5.20. The van der Waals surface area contributed by atoms with Crippen LogP contribution in [0.15, 0.2) is 16.5 Å². The molecule has 0 bridgehead atoms. The molecule has 2 aromatic rings. The fraction of sp³-hybridized carbons (Fsp3) is 0.591. The molecular formula is C22H26ClN3O3. The van der Waals surface area contributed by atoms with Crippen molar-refractivity contribution in [1.29, 1.82) is 0 Å². The Labute approximate surface area is 174 Å². The van der Waals surface area contributed by atoms with E-state index in [9.17, 15) is 9.90 Å². The molecule has 0 radical (unpaired) electrons. The van der Waals surface area contributed by atoms with E-state index in [1.165, 1.54) is 6.42 Å². The number of carbonyl (C=O) groups is 1. The Morgan fingerprint density at radius 1 is 1.21 bits per heavy atom. The highest BCUT2D eigenvalue weighted by atomic mass is 35.5. The number of carbonyl (C=O) groups excluding carboxylic acids is 1. The highest BCUT2D eigenvalue weighted by Crippen LogP contribution is 2.52. The molecule has 1 saturated heterocycles. The fourth-order valence-electron chi connectivity index (χ4n) is 6.17. The van der Waals surface area contributed by atoms with Crippen molar-refractivity contribution in [3.63, 3.8) is 0 Å². The van der Waals surface area contributed by atoms with Crippen molar-refractivity contribution in [2.45, 2.75) is 44.2 Å². The largest absolute Gasteiger partial charge is 0.459 e. The number of halogens is 1. The number of furan rings is 1. The van der Waals surface area contributed by atoms with Crippen LogP contribution in [0.2, 0.25) is 5.02 Å². The van der Waals surface area contributed by atoms with Crippen LogP contribution < -0.4 is 10.6 Å². The van der Waals surface area contributed by atoms with E-state index in [0.29, 0.717) is 35.1 Å². The minimum atomic E-state index is -0.391. The monoisotopic (exact) mass is 415 g/mol. The summed E-state index contributed by atoms with van der Waals surface area (Å²) in [5, 5.41) is 17.1. The summed E-state index contributed by atoms with van der Waals surface area (Å²) < 4.78 is 6.41. The number of likely N-dealkylation sites (tertiary alicyclic amines) is 1. The van der Waals surface area contributed by atoms with Gasteiger partial charge in [-0.1, -0.05) is 30.9 Å². The first-order valence-corrected chi connectivity index (χ1v) is 11.1. The number of anilines is 1. The molecular weight excluding hydrogens is 390 g/mol. The number of fused-ring (bicyclic) bond motifs is 5. The van der Waals surface area contributed by atoms with Crippen molar-refractivity contribution < 1.29 is 14.3 Å². The Morgan fingerprint density at radius 2 is 1.97 bits per heavy atom. The Kier molecular flexibility index (Phi) is 3.96. The maximum Gasteiger partial charge on any atom is 0.319 e. The number of nitrogens with one attached hydrogen (secondary N) is 2. The highest BCUT2D eigenvalue weighted by Gasteiger charge is 2.55. The molecule has 0 unspecified atom stereocenters. The third kappa shape index (κ3) is 2.72. The second-order valence-electron chi connectivity index (χ2n) is 9.33. The summed E-state index contributed by atoms with van der Waals surface area (Å²) in [5.74, 6) is 2.75. The molecule has 2 aliphatic heterocycles. The van der Waals surface area contributed by atoms with Gasteiger partial charge in [-0.25, -0.2) is 4.79 Å². The van der Waals surface area contributed by atoms with E-state index >= 15 is 0 Å². The van der Waals surface area contributed by atoms with Gasteiger partial charge in [0.1, 0.15) is 11.3 Å². The third-order valence-corrected chi connectivity index (χ3v) is 7.92. The van der Waals surface area contributed by atoms with Crippen LogP contribution in [-0.2, 0) is 12.1 Å². The minimum Gasteiger partial charge on any atom is -0.459 e. The van der Waals surface area contributed by atoms with Crippen LogP contribution in [0.3, 0.4) is 0 Å². The number of nitrogens with zero attached hydrogens (tertiary/aromatic N) is 1. The number of aliphatic hydroxyl groups is 1. The van der Waals surface area contributed by atoms with Gasteiger partial charge in [0.2, 0.25) is 0 Å². The first-order chi connectivity index (χ1) is 14.1. The zero-order valence-electron chi connectivity index (χ0n) is 16.3. The average molecular weight is 416 g/mol. The van der Waals surface area contributed by atoms with Gasteiger partial charge in [-0.3, -0.25) is 4.90 Å². The van der Waals surface area contributed by atoms with E-state index in [1.54, 1.807) is 0 Å². The highest BCUT2D eigenvalue weighted by molar-refractivity contribution is 6.35. The summed E-state index contributed by atoms with van der Waals surface area (Å²) in [6, 6.07) is 3.83. The molecule has 1 aromatic carbocycles. The Bertz CT molecular complexity index is 985. The van der Waals surface area contributed by atoms with Crippen molar-refractivity contribution in [2.24, 2.45) is 17.8 Å². The van der Waals surface area contributed by atoms with Gasteiger partial charge in [0, 0.05) is 30.6 Å². The molecule has 29 heavy (non-hydrogen) atoms. The summed E-state index contributed by atoms with van der Waals surface area (Å²) in [4.78, 5) is 14.8. The van der Waals surface area contributed by atoms with Gasteiger partial charge >= 0.3 is 6.03 Å². The molecule has 6 nitrogen and oxygen atoms in total. The number of rotatable bonds is 3. The maximum atomic E-state index is 12.4. The van der Waals surface area contributed by atoms with Crippen LogP contribution >= 0.6 is 11.6 Å². The first kappa shape index (κ1) is 18.0. The fourth-order valence-corrected chi connectivity index (χ4v) is 6.43. The normalized spacial score (nSPS) is 30.1. The molecule has 1 aromatic heterocycles. The molecule has 3 N–H and O–H groups in total. The number of aliphatic hydroxyl groups excluding tert-OH is 1. The van der Waals surface area contributed by atoms with Gasteiger partial charge in [-0.05, 0) is 42.7 Å². The zero-order valence-corrected chi connectivity index (χ0v) is 17.1. The molecule has 4 aliphatic rings. The van der Waals surface area contributed by atoms with Gasteiger partial charge in [0.25, 0.3) is 0 Å². The van der Waals surface area contributed by atoms with Crippen molar-refractivity contribution in [3.05, 3.63) is 28.5 Å². The van der Waals surface area contributed by atoms with Gasteiger partial charge in [0.15, 0.2) is 0 Å². The van der Waals surface area contributed by atoms with Gasteiger partial charge in [0.05, 0.1) is 22.8 Å². The van der Waals surface area contributed by atoms with Gasteiger partial charge in [-0.15, -0.1) is 0 Å². The lowest BCUT2D eigenvalue weighted by Gasteiger charge is -2.42. The number of amides is 2. The van der Waals surface area contributed by atoms with Gasteiger partial charge in [-0.2, -0.15) is 0 Å². The SMILES string of the molecule is O=C1Nc2c(Cl)cc3cc(CN4C[C@@H]5[C@@H](CO)[C@@H]5C4)oc3c2C2(CCCCC2)N1. The van der Waals surface area contributed by atoms with Crippen LogP contribution in [-0.4, -0.2) is 35.7 Å². The lowest BCUT2D eigenvalue weighted by molar-refractivity contribution is 0.207. The van der Waals surface area contributed by atoms with Crippen LogP contribution in [0.5, 0.6) is 0 Å². The van der Waals surface area contributed by atoms with Crippen LogP contribution in [0.25, 0.3) is 11.0 Å². The molecule has 1 spiro atoms. The number of benzene rings is 1. The second-order valence-corrected chi connectivity index (χ2v) is 9.74. The van der Waals surface area contributed by atoms with Crippen molar-refractivity contribution >= 4 is 34.3 Å². The maximum absolute atomic E-state index is 12.4. The second kappa shape index (κ2) is 6.37. The standard InChI is InChI=1S/C22H26ClN3O3/c23-17-7-12-6-13(8-26-9-14-15(10-26)16(14)11-27)29-20(12)18-19(17)24-21(28)25-22(18)4-2-1-3-5-22/h6-7,14-16,27H,1-5,8-11H2,(H2,24,25,28)/t14-,15+,16+. The smallest absolute Gasteiger partial charge is 0.319 e. The third-order valence-electron chi connectivity index (χ3n) is 7.62.